The molecule has 1 aromatic carbocycles. The van der Waals surface area contributed by atoms with E-state index in [9.17, 15) is 4.79 Å². The highest BCUT2D eigenvalue weighted by Gasteiger charge is 2.37. The van der Waals surface area contributed by atoms with Crippen molar-refractivity contribution in [1.29, 1.82) is 0 Å². The van der Waals surface area contributed by atoms with E-state index in [4.69, 9.17) is 44.0 Å². The number of ether oxygens (including phenoxy) is 1. The quantitative estimate of drug-likeness (QED) is 0.179. The largest absolute Gasteiger partial charge is 0.461 e. The second-order valence-corrected chi connectivity index (χ2v) is 17.3. The van der Waals surface area contributed by atoms with Crippen molar-refractivity contribution in [1.82, 2.24) is 0 Å². The van der Waals surface area contributed by atoms with Gasteiger partial charge in [0.1, 0.15) is 6.61 Å². The van der Waals surface area contributed by atoms with E-state index in [-0.39, 0.29) is 17.6 Å². The molecule has 29 heavy (non-hydrogen) atoms. The Morgan fingerprint density at radius 1 is 1.10 bits per heavy atom. The van der Waals surface area contributed by atoms with Gasteiger partial charge in [-0.25, -0.2) is 0 Å². The first-order valence-electron chi connectivity index (χ1n) is 9.75. The van der Waals surface area contributed by atoms with Crippen LogP contribution in [0.2, 0.25) is 18.1 Å². The van der Waals surface area contributed by atoms with Gasteiger partial charge in [0.05, 0.1) is 5.92 Å². The molecule has 0 aliphatic carbocycles. The Balaban J connectivity index is 2.76. The fourth-order valence-electron chi connectivity index (χ4n) is 2.47. The van der Waals surface area contributed by atoms with E-state index >= 15 is 0 Å². The summed E-state index contributed by atoms with van der Waals surface area (Å²) >= 11 is 20.6. The van der Waals surface area contributed by atoms with Crippen LogP contribution in [-0.2, 0) is 14.0 Å². The Kier molecular flexibility index (Phi) is 10.5. The lowest BCUT2D eigenvalue weighted by Gasteiger charge is -2.37. The van der Waals surface area contributed by atoms with Crippen LogP contribution in [0.5, 0.6) is 0 Å². The summed E-state index contributed by atoms with van der Waals surface area (Å²) in [5.74, 6) is -0.468. The fourth-order valence-corrected chi connectivity index (χ4v) is 4.03. The van der Waals surface area contributed by atoms with Gasteiger partial charge in [0.2, 0.25) is 3.79 Å². The van der Waals surface area contributed by atoms with Gasteiger partial charge in [0.15, 0.2) is 8.32 Å². The molecular formula is C21H32BrCl3O3Si. The number of hydrogen-bond donors (Lipinski definition) is 0. The van der Waals surface area contributed by atoms with Crippen molar-refractivity contribution in [3.63, 3.8) is 0 Å². The van der Waals surface area contributed by atoms with E-state index in [1.54, 1.807) is 0 Å². The van der Waals surface area contributed by atoms with Gasteiger partial charge < -0.3 is 9.16 Å². The summed E-state index contributed by atoms with van der Waals surface area (Å²) in [5, 5.41) is 0.174. The molecule has 1 aromatic rings. The molecule has 0 aliphatic heterocycles. The van der Waals surface area contributed by atoms with Crippen molar-refractivity contribution in [2.24, 2.45) is 5.92 Å². The number of carbonyl (C=O) groups excluding carboxylic acids is 1. The summed E-state index contributed by atoms with van der Waals surface area (Å²) in [6, 6.07) is 7.66. The van der Waals surface area contributed by atoms with Crippen molar-refractivity contribution in [3.8, 4) is 0 Å². The fraction of sp³-hybridized carbons (Fsp3) is 0.667. The van der Waals surface area contributed by atoms with Gasteiger partial charge in [-0.1, -0.05) is 90.6 Å². The van der Waals surface area contributed by atoms with Gasteiger partial charge in [-0.3, -0.25) is 4.79 Å². The lowest BCUT2D eigenvalue weighted by Crippen LogP contribution is -2.41. The predicted molar refractivity (Wildman–Crippen MR) is 130 cm³/mol. The minimum Gasteiger partial charge on any atom is -0.461 e. The molecule has 0 amide bonds. The maximum Gasteiger partial charge on any atom is 0.313 e. The van der Waals surface area contributed by atoms with Crippen molar-refractivity contribution in [2.45, 2.75) is 68.4 Å². The second kappa shape index (κ2) is 11.2. The third-order valence-corrected chi connectivity index (χ3v) is 10.8. The van der Waals surface area contributed by atoms with E-state index in [2.05, 4.69) is 56.7 Å². The maximum absolute atomic E-state index is 12.7. The Hall–Kier alpha value is 0.217. The van der Waals surface area contributed by atoms with Crippen LogP contribution in [0.1, 0.15) is 52.0 Å². The zero-order valence-corrected chi connectivity index (χ0v) is 22.9. The Morgan fingerprint density at radius 3 is 2.14 bits per heavy atom. The molecule has 0 bridgehead atoms. The summed E-state index contributed by atoms with van der Waals surface area (Å²) in [6.07, 6.45) is 1.47. The minimum atomic E-state index is -1.79. The van der Waals surface area contributed by atoms with Gasteiger partial charge >= 0.3 is 5.97 Å². The molecular weight excluding hydrogens is 515 g/mol. The molecule has 3 nitrogen and oxygen atoms in total. The predicted octanol–water partition coefficient (Wildman–Crippen LogP) is 7.88. The summed E-state index contributed by atoms with van der Waals surface area (Å²) in [4.78, 5) is 12.7. The second-order valence-electron chi connectivity index (χ2n) is 9.08. The Labute approximate surface area is 200 Å². The highest BCUT2D eigenvalue weighted by atomic mass is 79.9. The van der Waals surface area contributed by atoms with Gasteiger partial charge in [0, 0.05) is 11.1 Å². The van der Waals surface area contributed by atoms with Crippen LogP contribution in [0.25, 0.3) is 0 Å². The minimum absolute atomic E-state index is 0.174. The normalized spacial score (nSPS) is 15.1. The Morgan fingerprint density at radius 2 is 1.66 bits per heavy atom. The number of carbonyl (C=O) groups is 1. The first kappa shape index (κ1) is 27.3. The van der Waals surface area contributed by atoms with Crippen LogP contribution in [0, 0.1) is 5.92 Å². The molecule has 8 heteroatoms. The smallest absolute Gasteiger partial charge is 0.313 e. The van der Waals surface area contributed by atoms with Crippen molar-refractivity contribution >= 4 is 65.0 Å². The zero-order valence-electron chi connectivity index (χ0n) is 18.0. The third kappa shape index (κ3) is 9.92. The maximum atomic E-state index is 12.7. The zero-order chi connectivity index (χ0) is 22.5. The molecule has 0 heterocycles. The lowest BCUT2D eigenvalue weighted by molar-refractivity contribution is -0.145. The highest BCUT2D eigenvalue weighted by Crippen LogP contribution is 2.37. The molecule has 1 rings (SSSR count). The van der Waals surface area contributed by atoms with Gasteiger partial charge in [-0.15, -0.1) is 0 Å². The van der Waals surface area contributed by atoms with Crippen molar-refractivity contribution in [3.05, 3.63) is 34.3 Å². The summed E-state index contributed by atoms with van der Waals surface area (Å²) in [7, 11) is -1.79. The monoisotopic (exact) mass is 544 g/mol. The number of benzene rings is 1. The SMILES string of the molecule is C[C@@H](CC[C@@H](C(=O)OCC(Cl)(Cl)Cl)c1ccc(Br)cc1)CO[Si](C)(C)C(C)(C)C. The third-order valence-electron chi connectivity index (χ3n) is 5.42. The van der Waals surface area contributed by atoms with Crippen molar-refractivity contribution < 1.29 is 14.0 Å². The molecule has 0 spiro atoms. The van der Waals surface area contributed by atoms with Crippen LogP contribution in [0.4, 0.5) is 0 Å². The summed E-state index contributed by atoms with van der Waals surface area (Å²) in [6.45, 7) is 13.8. The number of hydrogen-bond acceptors (Lipinski definition) is 3. The van der Waals surface area contributed by atoms with Crippen LogP contribution >= 0.6 is 50.7 Å². The standard InChI is InChI=1S/C21H32BrCl3O3Si/c1-15(13-28-29(5,6)20(2,3)4)7-12-18(16-8-10-17(22)11-9-16)19(26)27-14-21(23,24)25/h8-11,15,18H,7,12-14H2,1-6H3/t15-,18+/m0/s1. The van der Waals surface area contributed by atoms with Crippen LogP contribution in [0.15, 0.2) is 28.7 Å². The number of halogens is 4. The molecule has 0 saturated heterocycles. The molecule has 0 N–H and O–H groups in total. The Bertz CT molecular complexity index is 655. The van der Waals surface area contributed by atoms with E-state index in [0.717, 1.165) is 16.5 Å². The van der Waals surface area contributed by atoms with Gasteiger partial charge in [-0.05, 0) is 54.6 Å². The number of alkyl halides is 3. The summed E-state index contributed by atoms with van der Waals surface area (Å²) < 4.78 is 10.9. The molecule has 0 unspecified atom stereocenters. The van der Waals surface area contributed by atoms with Gasteiger partial charge in [-0.2, -0.15) is 0 Å². The summed E-state index contributed by atoms with van der Waals surface area (Å²) in [5.41, 5.74) is 0.889. The first-order chi connectivity index (χ1) is 13.1. The topological polar surface area (TPSA) is 35.5 Å². The molecule has 0 saturated carbocycles. The van der Waals surface area contributed by atoms with Crippen LogP contribution in [0.3, 0.4) is 0 Å². The van der Waals surface area contributed by atoms with E-state index in [0.29, 0.717) is 18.9 Å². The van der Waals surface area contributed by atoms with E-state index in [1.807, 2.05) is 24.3 Å². The van der Waals surface area contributed by atoms with Crippen LogP contribution < -0.4 is 0 Å². The molecule has 0 aromatic heterocycles. The van der Waals surface area contributed by atoms with E-state index < -0.39 is 18.0 Å². The van der Waals surface area contributed by atoms with Crippen molar-refractivity contribution in [2.75, 3.05) is 13.2 Å². The van der Waals surface area contributed by atoms with E-state index in [1.165, 1.54) is 0 Å². The molecule has 166 valence electrons. The van der Waals surface area contributed by atoms with Crippen LogP contribution in [-0.4, -0.2) is 31.3 Å². The number of esters is 1. The van der Waals surface area contributed by atoms with Gasteiger partial charge in [0.25, 0.3) is 0 Å². The molecule has 0 fully saturated rings. The average molecular weight is 547 g/mol. The number of rotatable bonds is 9. The molecule has 0 aliphatic rings. The molecule has 0 radical (unpaired) electrons. The first-order valence-corrected chi connectivity index (χ1v) is 14.6. The highest BCUT2D eigenvalue weighted by molar-refractivity contribution is 9.10. The average Bonchev–Trinajstić information content (AvgIpc) is 2.58. The lowest BCUT2D eigenvalue weighted by atomic mass is 9.91. The molecule has 2 atom stereocenters.